The van der Waals surface area contributed by atoms with Crippen molar-refractivity contribution in [2.45, 2.75) is 12.6 Å². The summed E-state index contributed by atoms with van der Waals surface area (Å²) in [5.74, 6) is -0.121. The van der Waals surface area contributed by atoms with E-state index in [4.69, 9.17) is 0 Å². The highest BCUT2D eigenvalue weighted by Crippen LogP contribution is 2.31. The molecule has 1 saturated heterocycles. The predicted octanol–water partition coefficient (Wildman–Crippen LogP) is 2.55. The maximum Gasteiger partial charge on any atom is 0.305 e. The Bertz CT molecular complexity index is 895. The van der Waals surface area contributed by atoms with Crippen molar-refractivity contribution < 1.29 is 9.36 Å². The van der Waals surface area contributed by atoms with E-state index in [1.165, 1.54) is 11.1 Å². The van der Waals surface area contributed by atoms with Gasteiger partial charge in [-0.3, -0.25) is 9.69 Å². The zero-order chi connectivity index (χ0) is 19.2. The Hall–Kier alpha value is -3.31. The van der Waals surface area contributed by atoms with Gasteiger partial charge in [-0.25, -0.2) is 5.43 Å². The second kappa shape index (κ2) is 8.59. The molecule has 1 amide bonds. The Kier molecular flexibility index (Phi) is 5.54. The standard InChI is InChI=1S/C23H22N4O/c28-22(18-26-14-8-3-9-15-26)25-24-21-16-27(17-21)23(19-10-4-1-5-11-19)20-12-6-2-7-13-20/h1-15,23H,16-18H2/p+1. The number of likely N-dealkylation sites (tertiary alicyclic amines) is 1. The lowest BCUT2D eigenvalue weighted by Crippen LogP contribution is -2.50. The monoisotopic (exact) mass is 371 g/mol. The normalized spacial score (nSPS) is 13.8. The van der Waals surface area contributed by atoms with Gasteiger partial charge >= 0.3 is 5.91 Å². The van der Waals surface area contributed by atoms with Crippen LogP contribution in [0.4, 0.5) is 0 Å². The summed E-state index contributed by atoms with van der Waals surface area (Å²) in [5.41, 5.74) is 6.19. The van der Waals surface area contributed by atoms with Crippen molar-refractivity contribution in [1.82, 2.24) is 10.3 Å². The maximum absolute atomic E-state index is 12.1. The van der Waals surface area contributed by atoms with E-state index in [2.05, 4.69) is 64.0 Å². The van der Waals surface area contributed by atoms with Crippen LogP contribution in [0.1, 0.15) is 17.2 Å². The Morgan fingerprint density at radius 2 is 1.43 bits per heavy atom. The number of carbonyl (C=O) groups excluding carboxylic acids is 1. The van der Waals surface area contributed by atoms with E-state index in [0.717, 1.165) is 18.8 Å². The van der Waals surface area contributed by atoms with Crippen LogP contribution in [0.2, 0.25) is 0 Å². The Labute approximate surface area is 164 Å². The molecule has 5 nitrogen and oxygen atoms in total. The molecule has 0 bridgehead atoms. The summed E-state index contributed by atoms with van der Waals surface area (Å²) in [6.07, 6.45) is 3.73. The van der Waals surface area contributed by atoms with Crippen LogP contribution < -0.4 is 9.99 Å². The summed E-state index contributed by atoms with van der Waals surface area (Å²) in [7, 11) is 0. The van der Waals surface area contributed by atoms with Crippen molar-refractivity contribution in [2.75, 3.05) is 13.1 Å². The fourth-order valence-electron chi connectivity index (χ4n) is 3.44. The molecule has 0 atom stereocenters. The smallest absolute Gasteiger partial charge is 0.281 e. The van der Waals surface area contributed by atoms with Gasteiger partial charge in [-0.2, -0.15) is 9.67 Å². The largest absolute Gasteiger partial charge is 0.305 e. The number of rotatable bonds is 6. The van der Waals surface area contributed by atoms with Crippen LogP contribution in [0, 0.1) is 0 Å². The van der Waals surface area contributed by atoms with Crippen molar-refractivity contribution in [3.8, 4) is 0 Å². The minimum Gasteiger partial charge on any atom is -0.281 e. The molecule has 0 radical (unpaired) electrons. The fourth-order valence-corrected chi connectivity index (χ4v) is 3.44. The van der Waals surface area contributed by atoms with Crippen LogP contribution in [0.15, 0.2) is 96.4 Å². The van der Waals surface area contributed by atoms with Gasteiger partial charge in [0.1, 0.15) is 0 Å². The number of hydrazone groups is 1. The topological polar surface area (TPSA) is 48.6 Å². The summed E-state index contributed by atoms with van der Waals surface area (Å²) in [5, 5.41) is 4.31. The number of benzene rings is 2. The summed E-state index contributed by atoms with van der Waals surface area (Å²) in [6.45, 7) is 1.75. The van der Waals surface area contributed by atoms with Crippen LogP contribution in [0.5, 0.6) is 0 Å². The molecule has 1 fully saturated rings. The van der Waals surface area contributed by atoms with E-state index in [9.17, 15) is 4.79 Å². The third kappa shape index (κ3) is 4.32. The Balaban J connectivity index is 1.39. The molecule has 1 N–H and O–H groups in total. The number of nitrogens with one attached hydrogen (secondary N) is 1. The van der Waals surface area contributed by atoms with E-state index < -0.39 is 0 Å². The summed E-state index contributed by atoms with van der Waals surface area (Å²) in [6, 6.07) is 26.9. The van der Waals surface area contributed by atoms with E-state index >= 15 is 0 Å². The highest BCUT2D eigenvalue weighted by Gasteiger charge is 2.31. The minimum absolute atomic E-state index is 0.121. The third-order valence-corrected chi connectivity index (χ3v) is 4.81. The number of amides is 1. The van der Waals surface area contributed by atoms with Crippen molar-refractivity contribution in [2.24, 2.45) is 5.10 Å². The minimum atomic E-state index is -0.121. The number of nitrogens with zero attached hydrogens (tertiary/aromatic N) is 3. The fraction of sp³-hybridized carbons (Fsp3) is 0.174. The average molecular weight is 371 g/mol. The maximum atomic E-state index is 12.1. The summed E-state index contributed by atoms with van der Waals surface area (Å²) >= 11 is 0. The third-order valence-electron chi connectivity index (χ3n) is 4.81. The van der Waals surface area contributed by atoms with Crippen LogP contribution in [0.25, 0.3) is 0 Å². The van der Waals surface area contributed by atoms with Gasteiger partial charge in [-0.15, -0.1) is 0 Å². The summed E-state index contributed by atoms with van der Waals surface area (Å²) < 4.78 is 1.82. The number of hydrogen-bond donors (Lipinski definition) is 1. The first kappa shape index (κ1) is 18.1. The molecule has 3 aromatic rings. The number of carbonyl (C=O) groups is 1. The highest BCUT2D eigenvalue weighted by atomic mass is 16.2. The van der Waals surface area contributed by atoms with Gasteiger partial charge in [0, 0.05) is 25.2 Å². The molecule has 0 saturated carbocycles. The van der Waals surface area contributed by atoms with Crippen molar-refractivity contribution in [1.29, 1.82) is 0 Å². The molecular weight excluding hydrogens is 348 g/mol. The van der Waals surface area contributed by atoms with Crippen LogP contribution in [-0.4, -0.2) is 29.6 Å². The van der Waals surface area contributed by atoms with Gasteiger partial charge in [-0.05, 0) is 11.1 Å². The van der Waals surface area contributed by atoms with Crippen LogP contribution >= 0.6 is 0 Å². The van der Waals surface area contributed by atoms with Crippen LogP contribution in [-0.2, 0) is 11.3 Å². The van der Waals surface area contributed by atoms with E-state index in [-0.39, 0.29) is 18.5 Å². The SMILES string of the molecule is O=C(C[n+]1ccccc1)NN=C1CN(C(c2ccccc2)c2ccccc2)C1. The number of pyridine rings is 1. The van der Waals surface area contributed by atoms with Crippen LogP contribution in [0.3, 0.4) is 0 Å². The van der Waals surface area contributed by atoms with Gasteiger partial charge in [0.25, 0.3) is 0 Å². The molecule has 0 unspecified atom stereocenters. The van der Waals surface area contributed by atoms with Crippen molar-refractivity contribution in [3.63, 3.8) is 0 Å². The molecule has 0 spiro atoms. The first-order valence-electron chi connectivity index (χ1n) is 9.42. The lowest BCUT2D eigenvalue weighted by molar-refractivity contribution is -0.684. The van der Waals surface area contributed by atoms with E-state index in [1.54, 1.807) is 0 Å². The zero-order valence-electron chi connectivity index (χ0n) is 15.6. The Morgan fingerprint density at radius 3 is 2.00 bits per heavy atom. The van der Waals surface area contributed by atoms with E-state index in [0.29, 0.717) is 0 Å². The van der Waals surface area contributed by atoms with Gasteiger partial charge < -0.3 is 0 Å². The average Bonchev–Trinajstić information content (AvgIpc) is 2.71. The number of hydrogen-bond acceptors (Lipinski definition) is 3. The first-order chi connectivity index (χ1) is 13.8. The van der Waals surface area contributed by atoms with Crippen molar-refractivity contribution >= 4 is 11.6 Å². The lowest BCUT2D eigenvalue weighted by atomic mass is 9.94. The molecule has 140 valence electrons. The number of aromatic nitrogens is 1. The molecular formula is C23H23N4O+. The lowest BCUT2D eigenvalue weighted by Gasteiger charge is -2.39. The Morgan fingerprint density at radius 1 is 0.893 bits per heavy atom. The van der Waals surface area contributed by atoms with Gasteiger partial charge in [-0.1, -0.05) is 66.7 Å². The van der Waals surface area contributed by atoms with Gasteiger partial charge in [0.2, 0.25) is 6.54 Å². The molecule has 2 heterocycles. The predicted molar refractivity (Wildman–Crippen MR) is 109 cm³/mol. The second-order valence-corrected chi connectivity index (χ2v) is 6.89. The highest BCUT2D eigenvalue weighted by molar-refractivity contribution is 5.94. The molecule has 2 aromatic carbocycles. The van der Waals surface area contributed by atoms with E-state index in [1.807, 2.05) is 47.3 Å². The first-order valence-corrected chi connectivity index (χ1v) is 9.42. The summed E-state index contributed by atoms with van der Waals surface area (Å²) in [4.78, 5) is 14.4. The zero-order valence-corrected chi connectivity index (χ0v) is 15.6. The second-order valence-electron chi connectivity index (χ2n) is 6.89. The molecule has 28 heavy (non-hydrogen) atoms. The van der Waals surface area contributed by atoms with Gasteiger partial charge in [0.15, 0.2) is 12.4 Å². The molecule has 5 heteroatoms. The molecule has 4 rings (SSSR count). The van der Waals surface area contributed by atoms with Crippen molar-refractivity contribution in [3.05, 3.63) is 102 Å². The quantitative estimate of drug-likeness (QED) is 0.535. The molecule has 1 aromatic heterocycles. The van der Waals surface area contributed by atoms with Gasteiger partial charge in [0.05, 0.1) is 11.8 Å². The molecule has 1 aliphatic heterocycles. The molecule has 1 aliphatic rings. The molecule has 0 aliphatic carbocycles.